The van der Waals surface area contributed by atoms with Gasteiger partial charge in [0.15, 0.2) is 0 Å². The summed E-state index contributed by atoms with van der Waals surface area (Å²) >= 11 is 0. The zero-order valence-corrected chi connectivity index (χ0v) is 8.82. The number of hydrogen-bond donors (Lipinski definition) is 2. The third kappa shape index (κ3) is 2.92. The van der Waals surface area contributed by atoms with E-state index in [1.807, 2.05) is 0 Å². The van der Waals surface area contributed by atoms with Gasteiger partial charge in [0.05, 0.1) is 0 Å². The van der Waals surface area contributed by atoms with E-state index in [2.05, 4.69) is 15.6 Å². The molecule has 0 saturated heterocycles. The minimum Gasteiger partial charge on any atom is -0.335 e. The molecule has 2 N–H and O–H groups in total. The molecule has 86 valence electrons. The van der Waals surface area contributed by atoms with Crippen molar-refractivity contribution < 1.29 is 9.18 Å². The van der Waals surface area contributed by atoms with Gasteiger partial charge in [-0.1, -0.05) is 0 Å². The topological polar surface area (TPSA) is 54.0 Å². The van der Waals surface area contributed by atoms with Gasteiger partial charge < -0.3 is 10.6 Å². The van der Waals surface area contributed by atoms with Crippen molar-refractivity contribution in [3.8, 4) is 0 Å². The van der Waals surface area contributed by atoms with Crippen LogP contribution in [-0.2, 0) is 0 Å². The van der Waals surface area contributed by atoms with Crippen molar-refractivity contribution in [1.82, 2.24) is 10.3 Å². The summed E-state index contributed by atoms with van der Waals surface area (Å²) in [4.78, 5) is 15.4. The maximum absolute atomic E-state index is 12.9. The van der Waals surface area contributed by atoms with Crippen molar-refractivity contribution >= 4 is 11.7 Å². The summed E-state index contributed by atoms with van der Waals surface area (Å²) in [6.07, 6.45) is 4.10. The lowest BCUT2D eigenvalue weighted by molar-refractivity contribution is 0.247. The van der Waals surface area contributed by atoms with Gasteiger partial charge in [-0.05, 0) is 31.4 Å². The molecule has 0 aromatic carbocycles. The van der Waals surface area contributed by atoms with Crippen LogP contribution in [0.25, 0.3) is 0 Å². The Kier molecular flexibility index (Phi) is 3.34. The number of hydrogen-bond acceptors (Lipinski definition) is 2. The summed E-state index contributed by atoms with van der Waals surface area (Å²) in [5, 5.41) is 5.42. The van der Waals surface area contributed by atoms with Gasteiger partial charge >= 0.3 is 6.03 Å². The molecule has 2 atom stereocenters. The smallest absolute Gasteiger partial charge is 0.319 e. The number of alkyl halides is 1. The summed E-state index contributed by atoms with van der Waals surface area (Å²) in [5.41, 5.74) is 0.683. The molecule has 1 aromatic rings. The van der Waals surface area contributed by atoms with Crippen molar-refractivity contribution in [3.63, 3.8) is 0 Å². The molecule has 0 unspecified atom stereocenters. The molecule has 4 nitrogen and oxygen atoms in total. The molecular weight excluding hydrogens is 209 g/mol. The third-order valence-electron chi connectivity index (χ3n) is 2.64. The molecule has 1 fully saturated rings. The molecule has 0 spiro atoms. The van der Waals surface area contributed by atoms with Crippen LogP contribution in [0.2, 0.25) is 0 Å². The van der Waals surface area contributed by atoms with Gasteiger partial charge in [-0.3, -0.25) is 4.98 Å². The van der Waals surface area contributed by atoms with Crippen molar-refractivity contribution in [2.45, 2.75) is 31.5 Å². The lowest BCUT2D eigenvalue weighted by atomic mass is 10.2. The highest BCUT2D eigenvalue weighted by atomic mass is 19.1. The predicted molar refractivity (Wildman–Crippen MR) is 58.9 cm³/mol. The second kappa shape index (κ2) is 4.92. The molecule has 1 heterocycles. The lowest BCUT2D eigenvalue weighted by Gasteiger charge is -2.12. The normalized spacial score (nSPS) is 24.1. The molecule has 0 radical (unpaired) electrons. The van der Waals surface area contributed by atoms with Crippen molar-refractivity contribution in [3.05, 3.63) is 24.5 Å². The number of amides is 2. The van der Waals surface area contributed by atoms with Crippen LogP contribution < -0.4 is 10.6 Å². The quantitative estimate of drug-likeness (QED) is 0.806. The van der Waals surface area contributed by atoms with Crippen LogP contribution in [0.4, 0.5) is 14.9 Å². The van der Waals surface area contributed by atoms with Crippen LogP contribution in [-0.4, -0.2) is 23.2 Å². The number of halogens is 1. The Hall–Kier alpha value is -1.65. The summed E-state index contributed by atoms with van der Waals surface area (Å²) in [7, 11) is 0. The predicted octanol–water partition coefficient (Wildman–Crippen LogP) is 2.09. The van der Waals surface area contributed by atoms with Crippen LogP contribution in [0.5, 0.6) is 0 Å². The van der Waals surface area contributed by atoms with Gasteiger partial charge in [-0.25, -0.2) is 9.18 Å². The van der Waals surface area contributed by atoms with E-state index in [9.17, 15) is 9.18 Å². The molecule has 1 aliphatic carbocycles. The Morgan fingerprint density at radius 2 is 2.12 bits per heavy atom. The Morgan fingerprint density at radius 3 is 2.75 bits per heavy atom. The zero-order valence-electron chi connectivity index (χ0n) is 8.82. The maximum atomic E-state index is 12.9. The average molecular weight is 223 g/mol. The van der Waals surface area contributed by atoms with Gasteiger partial charge in [0.25, 0.3) is 0 Å². The average Bonchev–Trinajstić information content (AvgIpc) is 2.65. The number of urea groups is 1. The van der Waals surface area contributed by atoms with E-state index in [0.29, 0.717) is 24.9 Å². The van der Waals surface area contributed by atoms with E-state index in [4.69, 9.17) is 0 Å². The second-order valence-electron chi connectivity index (χ2n) is 3.94. The number of rotatable bonds is 2. The van der Waals surface area contributed by atoms with E-state index in [1.54, 1.807) is 24.5 Å². The maximum Gasteiger partial charge on any atom is 0.319 e. The number of aromatic nitrogens is 1. The number of nitrogens with zero attached hydrogens (tertiary/aromatic N) is 1. The van der Waals surface area contributed by atoms with E-state index in [1.165, 1.54) is 0 Å². The van der Waals surface area contributed by atoms with E-state index < -0.39 is 6.17 Å². The first-order valence-electron chi connectivity index (χ1n) is 5.35. The molecule has 1 aromatic heterocycles. The number of anilines is 1. The first-order chi connectivity index (χ1) is 7.74. The Labute approximate surface area is 93.3 Å². The van der Waals surface area contributed by atoms with E-state index in [-0.39, 0.29) is 12.1 Å². The zero-order chi connectivity index (χ0) is 11.4. The number of nitrogens with one attached hydrogen (secondary N) is 2. The fraction of sp³-hybridized carbons (Fsp3) is 0.455. The van der Waals surface area contributed by atoms with Crippen LogP contribution in [0.1, 0.15) is 19.3 Å². The van der Waals surface area contributed by atoms with Crippen molar-refractivity contribution in [1.29, 1.82) is 0 Å². The standard InChI is InChI=1S/C11H14FN3O/c12-8-1-2-10(7-8)15-11(16)14-9-3-5-13-6-4-9/h3-6,8,10H,1-2,7H2,(H2,13,14,15,16)/t8-,10+/m0/s1. The van der Waals surface area contributed by atoms with Crippen LogP contribution in [0.15, 0.2) is 24.5 Å². The number of carbonyl (C=O) groups is 1. The van der Waals surface area contributed by atoms with E-state index >= 15 is 0 Å². The largest absolute Gasteiger partial charge is 0.335 e. The van der Waals surface area contributed by atoms with Gasteiger partial charge in [-0.2, -0.15) is 0 Å². The minimum absolute atomic E-state index is 0.0446. The van der Waals surface area contributed by atoms with Crippen LogP contribution >= 0.6 is 0 Å². The highest BCUT2D eigenvalue weighted by molar-refractivity contribution is 5.89. The SMILES string of the molecule is O=C(Nc1ccncc1)N[C@@H]1CC[C@H](F)C1. The second-order valence-corrected chi connectivity index (χ2v) is 3.94. The molecular formula is C11H14FN3O. The fourth-order valence-corrected chi connectivity index (χ4v) is 1.85. The lowest BCUT2D eigenvalue weighted by Crippen LogP contribution is -2.36. The van der Waals surface area contributed by atoms with Gasteiger partial charge in [0, 0.05) is 24.1 Å². The van der Waals surface area contributed by atoms with Crippen molar-refractivity contribution in [2.24, 2.45) is 0 Å². The van der Waals surface area contributed by atoms with Crippen LogP contribution in [0.3, 0.4) is 0 Å². The molecule has 1 aliphatic rings. The summed E-state index contributed by atoms with van der Waals surface area (Å²) < 4.78 is 12.9. The molecule has 0 aliphatic heterocycles. The number of pyridine rings is 1. The Bertz CT molecular complexity index is 358. The molecule has 5 heteroatoms. The number of carbonyl (C=O) groups excluding carboxylic acids is 1. The van der Waals surface area contributed by atoms with Crippen molar-refractivity contribution in [2.75, 3.05) is 5.32 Å². The molecule has 2 amide bonds. The summed E-state index contributed by atoms with van der Waals surface area (Å²) in [6, 6.07) is 3.07. The monoisotopic (exact) mass is 223 g/mol. The molecule has 2 rings (SSSR count). The minimum atomic E-state index is -0.772. The summed E-state index contributed by atoms with van der Waals surface area (Å²) in [6.45, 7) is 0. The Balaban J connectivity index is 1.81. The van der Waals surface area contributed by atoms with Gasteiger partial charge in [-0.15, -0.1) is 0 Å². The van der Waals surface area contributed by atoms with Crippen LogP contribution in [0, 0.1) is 0 Å². The first-order valence-corrected chi connectivity index (χ1v) is 5.35. The fourth-order valence-electron chi connectivity index (χ4n) is 1.85. The third-order valence-corrected chi connectivity index (χ3v) is 2.64. The van der Waals surface area contributed by atoms with E-state index in [0.717, 1.165) is 0 Å². The Morgan fingerprint density at radius 1 is 1.38 bits per heavy atom. The molecule has 16 heavy (non-hydrogen) atoms. The van der Waals surface area contributed by atoms with Gasteiger partial charge in [0.2, 0.25) is 0 Å². The van der Waals surface area contributed by atoms with Gasteiger partial charge in [0.1, 0.15) is 6.17 Å². The molecule has 1 saturated carbocycles. The molecule has 0 bridgehead atoms. The summed E-state index contributed by atoms with van der Waals surface area (Å²) in [5.74, 6) is 0. The highest BCUT2D eigenvalue weighted by Gasteiger charge is 2.25. The first kappa shape index (κ1) is 10.9. The highest BCUT2D eigenvalue weighted by Crippen LogP contribution is 2.21.